The van der Waals surface area contributed by atoms with Crippen molar-refractivity contribution in [3.8, 4) is 5.75 Å². The van der Waals surface area contributed by atoms with Gasteiger partial charge in [-0.25, -0.2) is 8.42 Å². The van der Waals surface area contributed by atoms with Crippen LogP contribution in [0.15, 0.2) is 71.6 Å². The zero-order valence-corrected chi connectivity index (χ0v) is 24.3. The van der Waals surface area contributed by atoms with Crippen molar-refractivity contribution >= 4 is 39.1 Å². The molecule has 2 amide bonds. The second-order valence-electron chi connectivity index (χ2n) is 9.20. The molecule has 0 spiro atoms. The normalized spacial score (nSPS) is 11.9. The highest BCUT2D eigenvalue weighted by molar-refractivity contribution is 7.92. The second kappa shape index (κ2) is 13.0. The van der Waals surface area contributed by atoms with Crippen molar-refractivity contribution in [2.24, 2.45) is 0 Å². The molecular weight excluding hydrogens is 538 g/mol. The number of halogens is 1. The Morgan fingerprint density at radius 3 is 2.33 bits per heavy atom. The third-order valence-electron chi connectivity index (χ3n) is 6.34. The molecule has 0 unspecified atom stereocenters. The van der Waals surface area contributed by atoms with Gasteiger partial charge in [0.05, 0.1) is 17.7 Å². The predicted octanol–water partition coefficient (Wildman–Crippen LogP) is 4.71. The molecule has 8 nitrogen and oxygen atoms in total. The topological polar surface area (TPSA) is 96.0 Å². The summed E-state index contributed by atoms with van der Waals surface area (Å²) in [6, 6.07) is 17.5. The molecule has 3 rings (SSSR count). The third kappa shape index (κ3) is 7.30. The quantitative estimate of drug-likeness (QED) is 0.359. The Morgan fingerprint density at radius 1 is 1.03 bits per heavy atom. The summed E-state index contributed by atoms with van der Waals surface area (Å²) < 4.78 is 34.1. The number of nitrogens with zero attached hydrogens (tertiary/aromatic N) is 2. The number of methoxy groups -OCH3 is 1. The molecule has 10 heteroatoms. The number of carbonyl (C=O) groups excluding carboxylic acids is 2. The number of hydrogen-bond acceptors (Lipinski definition) is 5. The minimum absolute atomic E-state index is 0.0358. The van der Waals surface area contributed by atoms with Gasteiger partial charge < -0.3 is 15.0 Å². The summed E-state index contributed by atoms with van der Waals surface area (Å²) in [5.74, 6) is -0.299. The van der Waals surface area contributed by atoms with Crippen LogP contribution in [0.25, 0.3) is 0 Å². The van der Waals surface area contributed by atoms with Crippen molar-refractivity contribution in [2.75, 3.05) is 24.5 Å². The van der Waals surface area contributed by atoms with Crippen LogP contribution in [-0.4, -0.2) is 51.4 Å². The highest BCUT2D eigenvalue weighted by Gasteiger charge is 2.32. The molecule has 39 heavy (non-hydrogen) atoms. The van der Waals surface area contributed by atoms with Gasteiger partial charge >= 0.3 is 0 Å². The monoisotopic (exact) mass is 571 g/mol. The molecular formula is C29H34ClN3O5S. The van der Waals surface area contributed by atoms with E-state index < -0.39 is 28.5 Å². The van der Waals surface area contributed by atoms with E-state index >= 15 is 0 Å². The molecule has 3 aromatic rings. The van der Waals surface area contributed by atoms with Crippen LogP contribution in [0.3, 0.4) is 0 Å². The van der Waals surface area contributed by atoms with Gasteiger partial charge in [0, 0.05) is 18.1 Å². The van der Waals surface area contributed by atoms with Crippen molar-refractivity contribution in [1.29, 1.82) is 0 Å². The van der Waals surface area contributed by atoms with Crippen LogP contribution in [0.4, 0.5) is 5.69 Å². The Morgan fingerprint density at radius 2 is 1.72 bits per heavy atom. The van der Waals surface area contributed by atoms with Gasteiger partial charge in [0.15, 0.2) is 0 Å². The van der Waals surface area contributed by atoms with Gasteiger partial charge in [0.25, 0.3) is 10.0 Å². The average molecular weight is 572 g/mol. The summed E-state index contributed by atoms with van der Waals surface area (Å²) in [5.41, 5.74) is 2.64. The van der Waals surface area contributed by atoms with E-state index in [-0.39, 0.29) is 23.0 Å². The molecule has 0 radical (unpaired) electrons. The Labute approximate surface area is 235 Å². The van der Waals surface area contributed by atoms with E-state index in [0.29, 0.717) is 17.3 Å². The fourth-order valence-corrected chi connectivity index (χ4v) is 5.56. The summed E-state index contributed by atoms with van der Waals surface area (Å²) >= 11 is 6.35. The van der Waals surface area contributed by atoms with Gasteiger partial charge in [0.1, 0.15) is 18.3 Å². The van der Waals surface area contributed by atoms with E-state index in [0.717, 1.165) is 21.0 Å². The van der Waals surface area contributed by atoms with Crippen LogP contribution < -0.4 is 14.4 Å². The first-order chi connectivity index (χ1) is 18.5. The highest BCUT2D eigenvalue weighted by Crippen LogP contribution is 2.29. The zero-order chi connectivity index (χ0) is 28.7. The molecule has 0 aromatic heterocycles. The first-order valence-electron chi connectivity index (χ1n) is 12.5. The Balaban J connectivity index is 2.06. The van der Waals surface area contributed by atoms with Crippen molar-refractivity contribution in [3.05, 3.63) is 88.4 Å². The lowest BCUT2D eigenvalue weighted by molar-refractivity contribution is -0.139. The van der Waals surface area contributed by atoms with Gasteiger partial charge in [0.2, 0.25) is 11.8 Å². The molecule has 0 bridgehead atoms. The van der Waals surface area contributed by atoms with Crippen LogP contribution in [-0.2, 0) is 26.2 Å². The van der Waals surface area contributed by atoms with Crippen molar-refractivity contribution < 1.29 is 22.7 Å². The number of benzene rings is 3. The van der Waals surface area contributed by atoms with Gasteiger partial charge in [-0.3, -0.25) is 13.9 Å². The van der Waals surface area contributed by atoms with E-state index in [2.05, 4.69) is 5.32 Å². The Hall–Kier alpha value is -3.56. The predicted molar refractivity (Wildman–Crippen MR) is 154 cm³/mol. The SMILES string of the molecule is CCNC(=O)[C@@H](C)N(Cc1cccc(OC)c1)C(=O)CN(c1ccc(C)c(Cl)c1)S(=O)(=O)c1ccc(C)cc1. The second-order valence-corrected chi connectivity index (χ2v) is 11.5. The first-order valence-corrected chi connectivity index (χ1v) is 14.4. The van der Waals surface area contributed by atoms with Crippen LogP contribution in [0, 0.1) is 13.8 Å². The molecule has 0 fully saturated rings. The summed E-state index contributed by atoms with van der Waals surface area (Å²) in [4.78, 5) is 28.1. The number of likely N-dealkylation sites (N-methyl/N-ethyl adjacent to an activating group) is 1. The van der Waals surface area contributed by atoms with Crippen molar-refractivity contribution in [2.45, 2.75) is 45.2 Å². The number of nitrogens with one attached hydrogen (secondary N) is 1. The number of carbonyl (C=O) groups is 2. The fraction of sp³-hybridized carbons (Fsp3) is 0.310. The lowest BCUT2D eigenvalue weighted by Gasteiger charge is -2.32. The Kier molecular flexibility index (Phi) is 9.99. The summed E-state index contributed by atoms with van der Waals surface area (Å²) in [6.07, 6.45) is 0. The maximum Gasteiger partial charge on any atom is 0.264 e. The fourth-order valence-electron chi connectivity index (χ4n) is 3.98. The number of sulfonamides is 1. The highest BCUT2D eigenvalue weighted by atomic mass is 35.5. The molecule has 0 aliphatic rings. The number of aryl methyl sites for hydroxylation is 2. The Bertz CT molecular complexity index is 1430. The summed E-state index contributed by atoms with van der Waals surface area (Å²) in [5, 5.41) is 3.11. The number of rotatable bonds is 11. The minimum atomic E-state index is -4.16. The van der Waals surface area contributed by atoms with E-state index in [1.54, 1.807) is 70.3 Å². The van der Waals surface area contributed by atoms with Crippen molar-refractivity contribution in [1.82, 2.24) is 10.2 Å². The van der Waals surface area contributed by atoms with Crippen LogP contribution in [0.2, 0.25) is 5.02 Å². The van der Waals surface area contributed by atoms with Gasteiger partial charge in [-0.05, 0) is 75.2 Å². The van der Waals surface area contributed by atoms with E-state index in [1.807, 2.05) is 13.0 Å². The molecule has 0 saturated carbocycles. The van der Waals surface area contributed by atoms with Crippen LogP contribution >= 0.6 is 11.6 Å². The zero-order valence-electron chi connectivity index (χ0n) is 22.8. The molecule has 0 heterocycles. The molecule has 1 atom stereocenters. The number of hydrogen-bond donors (Lipinski definition) is 1. The first kappa shape index (κ1) is 30.0. The molecule has 3 aromatic carbocycles. The molecule has 0 saturated heterocycles. The van der Waals surface area contributed by atoms with Crippen LogP contribution in [0.5, 0.6) is 5.75 Å². The molecule has 1 N–H and O–H groups in total. The smallest absolute Gasteiger partial charge is 0.264 e. The lowest BCUT2D eigenvalue weighted by Crippen LogP contribution is -2.51. The van der Waals surface area contributed by atoms with Crippen molar-refractivity contribution in [3.63, 3.8) is 0 Å². The van der Waals surface area contributed by atoms with Gasteiger partial charge in [-0.1, -0.05) is 47.5 Å². The number of amides is 2. The van der Waals surface area contributed by atoms with Gasteiger partial charge in [-0.2, -0.15) is 0 Å². The molecule has 0 aliphatic carbocycles. The van der Waals surface area contributed by atoms with E-state index in [9.17, 15) is 18.0 Å². The van der Waals surface area contributed by atoms with Crippen LogP contribution in [0.1, 0.15) is 30.5 Å². The maximum atomic E-state index is 13.9. The third-order valence-corrected chi connectivity index (χ3v) is 8.53. The number of ether oxygens (including phenoxy) is 1. The average Bonchev–Trinajstić information content (AvgIpc) is 2.92. The maximum absolute atomic E-state index is 13.9. The summed E-state index contributed by atoms with van der Waals surface area (Å²) in [6.45, 7) is 6.99. The minimum Gasteiger partial charge on any atom is -0.497 e. The van der Waals surface area contributed by atoms with E-state index in [1.165, 1.54) is 23.1 Å². The lowest BCUT2D eigenvalue weighted by atomic mass is 10.1. The molecule has 0 aliphatic heterocycles. The standard InChI is InChI=1S/C29H34ClN3O5S/c1-6-31-29(35)22(4)32(18-23-8-7-9-25(16-23)38-5)28(34)19-33(24-13-12-21(3)27(30)17-24)39(36,37)26-14-10-20(2)11-15-26/h7-17,22H,6,18-19H2,1-5H3,(H,31,35)/t22-/m1/s1. The van der Waals surface area contributed by atoms with E-state index in [4.69, 9.17) is 16.3 Å². The molecule has 208 valence electrons. The largest absolute Gasteiger partial charge is 0.497 e. The summed E-state index contributed by atoms with van der Waals surface area (Å²) in [7, 11) is -2.62. The van der Waals surface area contributed by atoms with Gasteiger partial charge in [-0.15, -0.1) is 0 Å². The number of anilines is 1.